The van der Waals surface area contributed by atoms with Crippen LogP contribution >= 0.6 is 34.9 Å². The number of rotatable bonds is 10. The highest BCUT2D eigenvalue weighted by Gasteiger charge is 2.16. The Hall–Kier alpha value is -2.69. The van der Waals surface area contributed by atoms with Crippen LogP contribution in [0, 0.1) is 0 Å². The topological polar surface area (TPSA) is 82.5 Å². The van der Waals surface area contributed by atoms with Crippen LogP contribution in [0.2, 0.25) is 0 Å². The summed E-state index contributed by atoms with van der Waals surface area (Å²) in [5.41, 5.74) is 2.24. The normalized spacial score (nSPS) is 11.4. The van der Waals surface area contributed by atoms with Crippen LogP contribution in [0.1, 0.15) is 36.4 Å². The van der Waals surface area contributed by atoms with Gasteiger partial charge in [0, 0.05) is 6.42 Å². The van der Waals surface area contributed by atoms with Gasteiger partial charge >= 0.3 is 0 Å². The van der Waals surface area contributed by atoms with Crippen LogP contribution in [0.5, 0.6) is 0 Å². The first kappa shape index (κ1) is 22.1. The van der Waals surface area contributed by atoms with Crippen molar-refractivity contribution in [3.05, 3.63) is 77.7 Å². The van der Waals surface area contributed by atoms with Crippen molar-refractivity contribution in [2.45, 2.75) is 47.3 Å². The number of hydrogen-bond acceptors (Lipinski definition) is 9. The number of aryl methyl sites for hydroxylation is 1. The first-order valence-electron chi connectivity index (χ1n) is 10.7. The molecular formula is C23H22N6OS3. The molecule has 0 N–H and O–H groups in total. The maximum atomic E-state index is 5.39. The fraction of sp³-hybridized carbons (Fsp3) is 0.261. The predicted octanol–water partition coefficient (Wildman–Crippen LogP) is 5.86. The van der Waals surface area contributed by atoms with E-state index in [2.05, 4.69) is 62.2 Å². The summed E-state index contributed by atoms with van der Waals surface area (Å²) in [6.45, 7) is 2.81. The van der Waals surface area contributed by atoms with E-state index in [9.17, 15) is 0 Å². The molecule has 5 aromatic rings. The molecule has 0 aliphatic carbocycles. The zero-order valence-electron chi connectivity index (χ0n) is 18.0. The lowest BCUT2D eigenvalue weighted by molar-refractivity contribution is 0.384. The Kier molecular flexibility index (Phi) is 7.03. The Morgan fingerprint density at radius 2 is 1.79 bits per heavy atom. The van der Waals surface area contributed by atoms with E-state index in [1.54, 1.807) is 34.9 Å². The first-order chi connectivity index (χ1) is 16.3. The minimum Gasteiger partial charge on any atom is -0.338 e. The summed E-state index contributed by atoms with van der Waals surface area (Å²) in [6, 6.07) is 18.6. The highest BCUT2D eigenvalue weighted by molar-refractivity contribution is 8.00. The summed E-state index contributed by atoms with van der Waals surface area (Å²) < 4.78 is 9.79. The van der Waals surface area contributed by atoms with E-state index in [0.717, 1.165) is 39.5 Å². The van der Waals surface area contributed by atoms with Gasteiger partial charge in [0.15, 0.2) is 15.3 Å². The number of nitrogens with zero attached hydrogens (tertiary/aromatic N) is 6. The number of hydrogen-bond donors (Lipinski definition) is 0. The van der Waals surface area contributed by atoms with Gasteiger partial charge in [0.1, 0.15) is 5.82 Å². The van der Waals surface area contributed by atoms with Crippen LogP contribution in [0.15, 0.2) is 68.6 Å². The molecule has 0 aliphatic heterocycles. The first-order valence-corrected chi connectivity index (χ1v) is 13.5. The van der Waals surface area contributed by atoms with Gasteiger partial charge < -0.3 is 9.09 Å². The van der Waals surface area contributed by atoms with Gasteiger partial charge in [-0.25, -0.2) is 4.98 Å². The second kappa shape index (κ2) is 10.5. The SMILES string of the molecule is CCCc1noc(CSc2nnc(CSc3nc4ccccc4s3)n2Cc2ccccc2)n1. The van der Waals surface area contributed by atoms with Crippen molar-refractivity contribution < 1.29 is 4.52 Å². The van der Waals surface area contributed by atoms with Crippen molar-refractivity contribution in [2.75, 3.05) is 0 Å². The third-order valence-corrected chi connectivity index (χ3v) is 8.01. The van der Waals surface area contributed by atoms with Crippen molar-refractivity contribution in [3.63, 3.8) is 0 Å². The maximum absolute atomic E-state index is 5.39. The summed E-state index contributed by atoms with van der Waals surface area (Å²) >= 11 is 4.97. The molecule has 0 spiro atoms. The lowest BCUT2D eigenvalue weighted by Gasteiger charge is -2.09. The molecule has 0 aliphatic rings. The minimum absolute atomic E-state index is 0.564. The van der Waals surface area contributed by atoms with Crippen LogP contribution in [0.4, 0.5) is 0 Å². The molecule has 3 heterocycles. The van der Waals surface area contributed by atoms with Crippen molar-refractivity contribution >= 4 is 45.1 Å². The monoisotopic (exact) mass is 494 g/mol. The molecule has 0 radical (unpaired) electrons. The quantitative estimate of drug-likeness (QED) is 0.223. The Bertz CT molecular complexity index is 1300. The summed E-state index contributed by atoms with van der Waals surface area (Å²) in [5.74, 6) is 3.55. The largest absolute Gasteiger partial charge is 0.338 e. The van der Waals surface area contributed by atoms with Gasteiger partial charge in [-0.2, -0.15) is 4.98 Å². The molecule has 33 heavy (non-hydrogen) atoms. The van der Waals surface area contributed by atoms with E-state index in [0.29, 0.717) is 23.9 Å². The lowest BCUT2D eigenvalue weighted by atomic mass is 10.2. The molecule has 7 nitrogen and oxygen atoms in total. The Morgan fingerprint density at radius 1 is 0.939 bits per heavy atom. The van der Waals surface area contributed by atoms with E-state index < -0.39 is 0 Å². The highest BCUT2D eigenvalue weighted by Crippen LogP contribution is 2.32. The number of para-hydroxylation sites is 1. The maximum Gasteiger partial charge on any atom is 0.237 e. The third kappa shape index (κ3) is 5.45. The van der Waals surface area contributed by atoms with Gasteiger partial charge in [-0.15, -0.1) is 21.5 Å². The Labute approximate surface area is 204 Å². The zero-order chi connectivity index (χ0) is 22.5. The van der Waals surface area contributed by atoms with E-state index in [-0.39, 0.29) is 0 Å². The van der Waals surface area contributed by atoms with E-state index in [4.69, 9.17) is 9.51 Å². The van der Waals surface area contributed by atoms with E-state index in [1.807, 2.05) is 24.3 Å². The molecule has 0 saturated heterocycles. The molecular weight excluding hydrogens is 472 g/mol. The fourth-order valence-corrected chi connectivity index (χ4v) is 6.10. The summed E-state index contributed by atoms with van der Waals surface area (Å²) in [5, 5.41) is 13.9. The van der Waals surface area contributed by atoms with Crippen LogP contribution in [0.25, 0.3) is 10.2 Å². The summed E-state index contributed by atoms with van der Waals surface area (Å²) in [4.78, 5) is 9.20. The molecule has 5 rings (SSSR count). The van der Waals surface area contributed by atoms with Gasteiger partial charge in [0.25, 0.3) is 0 Å². The average Bonchev–Trinajstić information content (AvgIpc) is 3.56. The lowest BCUT2D eigenvalue weighted by Crippen LogP contribution is -2.06. The molecule has 0 amide bonds. The number of fused-ring (bicyclic) bond motifs is 1. The van der Waals surface area contributed by atoms with Gasteiger partial charge in [0.05, 0.1) is 28.3 Å². The van der Waals surface area contributed by atoms with Gasteiger partial charge in [-0.05, 0) is 24.1 Å². The van der Waals surface area contributed by atoms with Gasteiger partial charge in [-0.1, -0.05) is 78.1 Å². The minimum atomic E-state index is 0.564. The zero-order valence-corrected chi connectivity index (χ0v) is 20.5. The van der Waals surface area contributed by atoms with Crippen LogP contribution < -0.4 is 0 Å². The number of aromatic nitrogens is 6. The second-order valence-electron chi connectivity index (χ2n) is 7.35. The molecule has 0 atom stereocenters. The smallest absolute Gasteiger partial charge is 0.237 e. The molecule has 10 heteroatoms. The van der Waals surface area contributed by atoms with Crippen molar-refractivity contribution in [1.82, 2.24) is 29.9 Å². The predicted molar refractivity (Wildman–Crippen MR) is 133 cm³/mol. The molecule has 2 aromatic carbocycles. The molecule has 3 aromatic heterocycles. The van der Waals surface area contributed by atoms with Crippen LogP contribution in [0.3, 0.4) is 0 Å². The molecule has 0 unspecified atom stereocenters. The van der Waals surface area contributed by atoms with Crippen molar-refractivity contribution in [3.8, 4) is 0 Å². The van der Waals surface area contributed by atoms with Crippen LogP contribution in [-0.2, 0) is 24.5 Å². The van der Waals surface area contributed by atoms with E-state index >= 15 is 0 Å². The summed E-state index contributed by atoms with van der Waals surface area (Å²) in [7, 11) is 0. The molecule has 0 bridgehead atoms. The fourth-order valence-electron chi connectivity index (χ4n) is 3.30. The second-order valence-corrected chi connectivity index (χ2v) is 10.5. The number of thiazole rings is 1. The Balaban J connectivity index is 1.33. The highest BCUT2D eigenvalue weighted by atomic mass is 32.2. The van der Waals surface area contributed by atoms with Gasteiger partial charge in [-0.3, -0.25) is 0 Å². The molecule has 0 fully saturated rings. The standard InChI is InChI=1S/C23H22N6OS3/c1-2-8-19-25-21(30-28-19)15-31-22-27-26-20(29(22)13-16-9-4-3-5-10-16)14-32-23-24-17-11-6-7-12-18(17)33-23/h3-7,9-12H,2,8,13-15H2,1H3. The summed E-state index contributed by atoms with van der Waals surface area (Å²) in [6.07, 6.45) is 1.82. The van der Waals surface area contributed by atoms with Crippen molar-refractivity contribution in [1.29, 1.82) is 0 Å². The van der Waals surface area contributed by atoms with Crippen LogP contribution in [-0.4, -0.2) is 29.9 Å². The van der Waals surface area contributed by atoms with Crippen molar-refractivity contribution in [2.24, 2.45) is 0 Å². The van der Waals surface area contributed by atoms with E-state index in [1.165, 1.54) is 10.3 Å². The van der Waals surface area contributed by atoms with Gasteiger partial charge in [0.2, 0.25) is 5.89 Å². The Morgan fingerprint density at radius 3 is 2.64 bits per heavy atom. The average molecular weight is 495 g/mol. The molecule has 0 saturated carbocycles. The number of thioether (sulfide) groups is 2. The third-order valence-electron chi connectivity index (χ3n) is 4.88. The molecule has 168 valence electrons. The number of benzene rings is 2.